The van der Waals surface area contributed by atoms with Gasteiger partial charge in [0.1, 0.15) is 6.67 Å². The van der Waals surface area contributed by atoms with Gasteiger partial charge in [0.2, 0.25) is 5.91 Å². The molecule has 0 N–H and O–H groups in total. The fourth-order valence-corrected chi connectivity index (χ4v) is 1.80. The largest absolute Gasteiger partial charge is 0.342 e. The summed E-state index contributed by atoms with van der Waals surface area (Å²) in [6, 6.07) is 0. The van der Waals surface area contributed by atoms with Gasteiger partial charge >= 0.3 is 0 Å². The Morgan fingerprint density at radius 2 is 1.50 bits per heavy atom. The van der Waals surface area contributed by atoms with Crippen LogP contribution in [0.15, 0.2) is 35.5 Å². The molecule has 0 bridgehead atoms. The van der Waals surface area contributed by atoms with Gasteiger partial charge in [0.05, 0.1) is 6.42 Å². The Kier molecular flexibility index (Phi) is 9.37. The Morgan fingerprint density at radius 1 is 1.00 bits per heavy atom. The van der Waals surface area contributed by atoms with E-state index < -0.39 is 47.9 Å². The van der Waals surface area contributed by atoms with Crippen LogP contribution in [0.25, 0.3) is 0 Å². The molecule has 0 saturated carbocycles. The third-order valence-electron chi connectivity index (χ3n) is 2.79. The van der Waals surface area contributed by atoms with Crippen molar-refractivity contribution < 1.29 is 26.7 Å². The molecule has 0 atom stereocenters. The molecule has 0 aliphatic carbocycles. The third-order valence-corrected chi connectivity index (χ3v) is 2.79. The van der Waals surface area contributed by atoms with E-state index >= 15 is 0 Å². The van der Waals surface area contributed by atoms with Crippen molar-refractivity contribution in [1.82, 2.24) is 4.90 Å². The van der Waals surface area contributed by atoms with E-state index in [2.05, 4.69) is 6.58 Å². The smallest absolute Gasteiger partial charge is 0.227 e. The van der Waals surface area contributed by atoms with Crippen molar-refractivity contribution in [3.8, 4) is 0 Å². The van der Waals surface area contributed by atoms with Gasteiger partial charge < -0.3 is 4.90 Å². The van der Waals surface area contributed by atoms with Crippen LogP contribution in [0.1, 0.15) is 33.1 Å². The lowest BCUT2D eigenvalue weighted by atomic mass is 10.1. The Balaban J connectivity index is 5.54. The van der Waals surface area contributed by atoms with E-state index in [0.29, 0.717) is 25.9 Å². The topological polar surface area (TPSA) is 20.3 Å². The number of hydrogen-bond donors (Lipinski definition) is 0. The maximum atomic E-state index is 13.7. The molecule has 0 spiro atoms. The number of alkyl halides is 1. The molecule has 0 aromatic heterocycles. The first kappa shape index (κ1) is 20.3. The lowest BCUT2D eigenvalue weighted by Gasteiger charge is -2.22. The summed E-state index contributed by atoms with van der Waals surface area (Å²) in [5.41, 5.74) is -1.16. The Morgan fingerprint density at radius 3 is 1.86 bits per heavy atom. The molecule has 0 unspecified atom stereocenters. The minimum Gasteiger partial charge on any atom is -0.342 e. The highest BCUT2D eigenvalue weighted by molar-refractivity contribution is 5.80. The summed E-state index contributed by atoms with van der Waals surface area (Å²) < 4.78 is 65.3. The molecule has 2 nitrogen and oxygen atoms in total. The van der Waals surface area contributed by atoms with Crippen molar-refractivity contribution in [2.75, 3.05) is 19.8 Å². The number of nitrogens with zero attached hydrogens (tertiary/aromatic N) is 1. The first-order valence-electron chi connectivity index (χ1n) is 6.91. The summed E-state index contributed by atoms with van der Waals surface area (Å²) >= 11 is 0. The zero-order valence-electron chi connectivity index (χ0n) is 12.7. The number of rotatable bonds is 9. The number of carbonyl (C=O) groups is 1. The van der Waals surface area contributed by atoms with E-state index in [4.69, 9.17) is 0 Å². The molecule has 0 rings (SSSR count). The van der Waals surface area contributed by atoms with Gasteiger partial charge in [-0.15, -0.1) is 0 Å². The highest BCUT2D eigenvalue weighted by atomic mass is 19.2. The van der Waals surface area contributed by atoms with Crippen molar-refractivity contribution in [3.05, 3.63) is 35.5 Å². The maximum absolute atomic E-state index is 13.7. The Labute approximate surface area is 127 Å². The molecular formula is C15H20F5NO. The summed E-state index contributed by atoms with van der Waals surface area (Å²) in [6.07, 6.45) is 0.314. The molecular weight excluding hydrogens is 305 g/mol. The van der Waals surface area contributed by atoms with Crippen LogP contribution in [0, 0.1) is 0 Å². The van der Waals surface area contributed by atoms with Gasteiger partial charge in [0.15, 0.2) is 23.3 Å². The summed E-state index contributed by atoms with van der Waals surface area (Å²) in [4.78, 5) is 13.4. The van der Waals surface area contributed by atoms with Crippen LogP contribution >= 0.6 is 0 Å². The first-order chi connectivity index (χ1) is 10.3. The fourth-order valence-electron chi connectivity index (χ4n) is 1.80. The normalized spacial score (nSPS) is 13.4. The van der Waals surface area contributed by atoms with Crippen molar-refractivity contribution >= 4 is 5.91 Å². The molecule has 0 fully saturated rings. The maximum Gasteiger partial charge on any atom is 0.227 e. The average molecular weight is 325 g/mol. The van der Waals surface area contributed by atoms with Crippen molar-refractivity contribution in [3.63, 3.8) is 0 Å². The minimum atomic E-state index is -1.90. The van der Waals surface area contributed by atoms with Gasteiger partial charge in [-0.2, -0.15) is 0 Å². The van der Waals surface area contributed by atoms with Crippen molar-refractivity contribution in [2.45, 2.75) is 33.1 Å². The average Bonchev–Trinajstić information content (AvgIpc) is 2.49. The number of amides is 1. The molecule has 0 aliphatic heterocycles. The van der Waals surface area contributed by atoms with E-state index in [9.17, 15) is 26.7 Å². The van der Waals surface area contributed by atoms with Gasteiger partial charge in [-0.25, -0.2) is 22.0 Å². The number of hydrogen-bond acceptors (Lipinski definition) is 1. The molecule has 0 aromatic carbocycles. The second kappa shape index (κ2) is 10.1. The standard InChI is InChI=1S/C15H20F5NO/c1-4-6-21(7-5-2)13(22)8-11(14(19)10(3)17)15(20)12(18)9-16/h3-9H2,1-2H3/b14-11+,15-12-. The summed E-state index contributed by atoms with van der Waals surface area (Å²) in [5.74, 6) is -7.93. The third kappa shape index (κ3) is 5.99. The van der Waals surface area contributed by atoms with E-state index in [-0.39, 0.29) is 0 Å². The van der Waals surface area contributed by atoms with Crippen LogP contribution < -0.4 is 0 Å². The summed E-state index contributed by atoms with van der Waals surface area (Å²) in [7, 11) is 0. The predicted molar refractivity (Wildman–Crippen MR) is 75.4 cm³/mol. The number of carbonyl (C=O) groups excluding carboxylic acids is 1. The van der Waals surface area contributed by atoms with Crippen LogP contribution in [-0.2, 0) is 4.79 Å². The van der Waals surface area contributed by atoms with Gasteiger partial charge in [-0.3, -0.25) is 4.79 Å². The molecule has 126 valence electrons. The lowest BCUT2D eigenvalue weighted by molar-refractivity contribution is -0.130. The summed E-state index contributed by atoms with van der Waals surface area (Å²) in [5, 5.41) is 0. The van der Waals surface area contributed by atoms with Crippen LogP contribution in [0.2, 0.25) is 0 Å². The first-order valence-corrected chi connectivity index (χ1v) is 6.91. The van der Waals surface area contributed by atoms with Crippen LogP contribution in [0.3, 0.4) is 0 Å². The van der Waals surface area contributed by atoms with E-state index in [1.807, 2.05) is 0 Å². The highest BCUT2D eigenvalue weighted by Gasteiger charge is 2.24. The van der Waals surface area contributed by atoms with E-state index in [0.717, 1.165) is 0 Å². The minimum absolute atomic E-state index is 0.342. The molecule has 0 radical (unpaired) electrons. The van der Waals surface area contributed by atoms with Crippen molar-refractivity contribution in [2.24, 2.45) is 0 Å². The molecule has 0 aliphatic rings. The van der Waals surface area contributed by atoms with Crippen LogP contribution in [-0.4, -0.2) is 30.6 Å². The van der Waals surface area contributed by atoms with Crippen molar-refractivity contribution in [1.29, 1.82) is 0 Å². The highest BCUT2D eigenvalue weighted by Crippen LogP contribution is 2.29. The SMILES string of the molecule is C=C(F)/C(F)=C(CC(=O)N(CCC)CCC)\C(F)=C(\F)CF. The molecule has 7 heteroatoms. The number of allylic oxidation sites excluding steroid dienone is 4. The molecule has 0 saturated heterocycles. The van der Waals surface area contributed by atoms with E-state index in [1.54, 1.807) is 13.8 Å². The van der Waals surface area contributed by atoms with Gasteiger partial charge in [0.25, 0.3) is 0 Å². The molecule has 0 heterocycles. The van der Waals surface area contributed by atoms with Gasteiger partial charge in [0, 0.05) is 18.7 Å². The predicted octanol–water partition coefficient (Wildman–Crippen LogP) is 4.85. The molecule has 22 heavy (non-hydrogen) atoms. The summed E-state index contributed by atoms with van der Waals surface area (Å²) in [6.45, 7) is 5.12. The fraction of sp³-hybridized carbons (Fsp3) is 0.533. The quantitative estimate of drug-likeness (QED) is 0.438. The Bertz CT molecular complexity index is 465. The van der Waals surface area contributed by atoms with Crippen LogP contribution in [0.4, 0.5) is 22.0 Å². The lowest BCUT2D eigenvalue weighted by Crippen LogP contribution is -2.32. The van der Waals surface area contributed by atoms with E-state index in [1.165, 1.54) is 4.90 Å². The second-order valence-electron chi connectivity index (χ2n) is 4.61. The zero-order chi connectivity index (χ0) is 17.3. The Hall–Kier alpha value is -1.66. The van der Waals surface area contributed by atoms with Crippen LogP contribution in [0.5, 0.6) is 0 Å². The molecule has 1 amide bonds. The second-order valence-corrected chi connectivity index (χ2v) is 4.61. The van der Waals surface area contributed by atoms with Gasteiger partial charge in [-0.05, 0) is 12.8 Å². The molecule has 0 aromatic rings. The number of halogens is 5. The van der Waals surface area contributed by atoms with Gasteiger partial charge in [-0.1, -0.05) is 20.4 Å². The monoisotopic (exact) mass is 325 g/mol. The zero-order valence-corrected chi connectivity index (χ0v) is 12.7.